The number of benzene rings is 1. The van der Waals surface area contributed by atoms with Crippen LogP contribution in [0.4, 0.5) is 15.8 Å². The summed E-state index contributed by atoms with van der Waals surface area (Å²) in [6, 6.07) is 3.10. The molecule has 0 aliphatic rings. The number of ether oxygens (including phenoxy) is 1. The second kappa shape index (κ2) is 6.10. The Labute approximate surface area is 121 Å². The van der Waals surface area contributed by atoms with Gasteiger partial charge in [0, 0.05) is 13.3 Å². The molecular weight excluding hydrogens is 299 g/mol. The molecule has 0 spiro atoms. The fourth-order valence-electron chi connectivity index (χ4n) is 1.70. The van der Waals surface area contributed by atoms with Gasteiger partial charge >= 0.3 is 0 Å². The van der Waals surface area contributed by atoms with Crippen LogP contribution in [0.15, 0.2) is 35.5 Å². The van der Waals surface area contributed by atoms with E-state index >= 15 is 0 Å². The highest BCUT2D eigenvalue weighted by Gasteiger charge is 2.18. The predicted octanol–water partition coefficient (Wildman–Crippen LogP) is 1.05. The number of methoxy groups -OCH3 is 1. The van der Waals surface area contributed by atoms with E-state index in [-0.39, 0.29) is 16.3 Å². The molecule has 1 aromatic carbocycles. The van der Waals surface area contributed by atoms with Crippen LogP contribution in [0.2, 0.25) is 0 Å². The molecule has 0 saturated carbocycles. The summed E-state index contributed by atoms with van der Waals surface area (Å²) in [7, 11) is -2.33. The number of nitrogens with zero attached hydrogens (tertiary/aromatic N) is 2. The molecule has 1 heterocycles. The third-order valence-corrected chi connectivity index (χ3v) is 4.13. The predicted molar refractivity (Wildman–Crippen MR) is 75.7 cm³/mol. The van der Waals surface area contributed by atoms with Crippen LogP contribution >= 0.6 is 0 Å². The van der Waals surface area contributed by atoms with E-state index in [1.807, 2.05) is 0 Å². The summed E-state index contributed by atoms with van der Waals surface area (Å²) in [6.45, 7) is 0.954. The summed E-state index contributed by atoms with van der Waals surface area (Å²) in [4.78, 5) is -0.187. The average molecular weight is 314 g/mol. The summed E-state index contributed by atoms with van der Waals surface area (Å²) in [5.41, 5.74) is 5.66. The van der Waals surface area contributed by atoms with Crippen molar-refractivity contribution in [3.63, 3.8) is 0 Å². The zero-order valence-corrected chi connectivity index (χ0v) is 12.1. The van der Waals surface area contributed by atoms with Crippen molar-refractivity contribution < 1.29 is 17.5 Å². The van der Waals surface area contributed by atoms with Gasteiger partial charge in [-0.3, -0.25) is 9.40 Å². The monoisotopic (exact) mass is 314 g/mol. The number of halogens is 1. The van der Waals surface area contributed by atoms with Gasteiger partial charge in [0.1, 0.15) is 10.7 Å². The standard InChI is InChI=1S/C12H15FN4O3S/c1-20-5-4-17-8-10(7-15-17)16-21(18,19)12-3-2-9(13)6-11(12)14/h2-3,6-8,16H,4-5,14H2,1H3. The third kappa shape index (κ3) is 3.70. The number of nitrogen functional groups attached to an aromatic ring is 1. The van der Waals surface area contributed by atoms with E-state index in [0.29, 0.717) is 13.2 Å². The van der Waals surface area contributed by atoms with E-state index in [0.717, 1.165) is 18.2 Å². The first-order chi connectivity index (χ1) is 9.92. The highest BCUT2D eigenvalue weighted by atomic mass is 32.2. The van der Waals surface area contributed by atoms with Crippen molar-refractivity contribution >= 4 is 21.4 Å². The number of nitrogens with one attached hydrogen (secondary N) is 1. The Morgan fingerprint density at radius 3 is 2.90 bits per heavy atom. The molecule has 114 valence electrons. The molecule has 1 aromatic heterocycles. The number of hydrogen-bond donors (Lipinski definition) is 2. The minimum absolute atomic E-state index is 0.158. The molecule has 0 unspecified atom stereocenters. The fraction of sp³-hybridized carbons (Fsp3) is 0.250. The van der Waals surface area contributed by atoms with E-state index in [4.69, 9.17) is 10.5 Å². The zero-order valence-electron chi connectivity index (χ0n) is 11.3. The van der Waals surface area contributed by atoms with Crippen LogP contribution in [0.1, 0.15) is 0 Å². The minimum atomic E-state index is -3.89. The Morgan fingerprint density at radius 1 is 1.48 bits per heavy atom. The molecule has 0 bridgehead atoms. The molecule has 0 radical (unpaired) electrons. The van der Waals surface area contributed by atoms with Crippen molar-refractivity contribution in [3.8, 4) is 0 Å². The van der Waals surface area contributed by atoms with Crippen LogP contribution in [-0.4, -0.2) is 31.9 Å². The summed E-state index contributed by atoms with van der Waals surface area (Å²) >= 11 is 0. The first-order valence-electron chi connectivity index (χ1n) is 6.01. The average Bonchev–Trinajstić information content (AvgIpc) is 2.82. The maximum Gasteiger partial charge on any atom is 0.264 e. The van der Waals surface area contributed by atoms with Gasteiger partial charge in [0.15, 0.2) is 0 Å². The zero-order chi connectivity index (χ0) is 15.5. The van der Waals surface area contributed by atoms with Gasteiger partial charge in [0.2, 0.25) is 0 Å². The number of rotatable bonds is 6. The van der Waals surface area contributed by atoms with Crippen molar-refractivity contribution in [2.45, 2.75) is 11.4 Å². The van der Waals surface area contributed by atoms with Gasteiger partial charge in [-0.15, -0.1) is 0 Å². The lowest BCUT2D eigenvalue weighted by Crippen LogP contribution is -2.14. The van der Waals surface area contributed by atoms with Crippen molar-refractivity contribution in [2.24, 2.45) is 0 Å². The first-order valence-corrected chi connectivity index (χ1v) is 7.50. The number of hydrogen-bond acceptors (Lipinski definition) is 5. The molecule has 0 fully saturated rings. The molecule has 0 aliphatic carbocycles. The van der Waals surface area contributed by atoms with Crippen LogP contribution in [0.3, 0.4) is 0 Å². The summed E-state index contributed by atoms with van der Waals surface area (Å²) in [5.74, 6) is -0.598. The molecule has 0 aliphatic heterocycles. The van der Waals surface area contributed by atoms with Crippen LogP contribution in [0.5, 0.6) is 0 Å². The molecule has 0 amide bonds. The normalized spacial score (nSPS) is 11.5. The minimum Gasteiger partial charge on any atom is -0.398 e. The van der Waals surface area contributed by atoms with Gasteiger partial charge in [0.25, 0.3) is 10.0 Å². The number of anilines is 2. The quantitative estimate of drug-likeness (QED) is 0.777. The number of aromatic nitrogens is 2. The molecule has 21 heavy (non-hydrogen) atoms. The Bertz CT molecular complexity index is 730. The van der Waals surface area contributed by atoms with Gasteiger partial charge in [-0.05, 0) is 18.2 Å². The molecule has 0 saturated heterocycles. The Hall–Kier alpha value is -2.13. The second-order valence-corrected chi connectivity index (χ2v) is 5.92. The van der Waals surface area contributed by atoms with Crippen molar-refractivity contribution in [1.29, 1.82) is 0 Å². The fourth-order valence-corrected chi connectivity index (χ4v) is 2.84. The van der Waals surface area contributed by atoms with Crippen molar-refractivity contribution in [3.05, 3.63) is 36.4 Å². The largest absolute Gasteiger partial charge is 0.398 e. The summed E-state index contributed by atoms with van der Waals surface area (Å²) in [6.07, 6.45) is 2.89. The maximum absolute atomic E-state index is 13.0. The van der Waals surface area contributed by atoms with E-state index < -0.39 is 15.8 Å². The van der Waals surface area contributed by atoms with E-state index in [2.05, 4.69) is 9.82 Å². The van der Waals surface area contributed by atoms with Gasteiger partial charge in [-0.2, -0.15) is 5.10 Å². The molecule has 2 aromatic rings. The second-order valence-electron chi connectivity index (χ2n) is 4.27. The SMILES string of the molecule is COCCn1cc(NS(=O)(=O)c2ccc(F)cc2N)cn1. The Balaban J connectivity index is 2.19. The highest BCUT2D eigenvalue weighted by Crippen LogP contribution is 2.22. The molecular formula is C12H15FN4O3S. The van der Waals surface area contributed by atoms with Crippen LogP contribution in [-0.2, 0) is 21.3 Å². The topological polar surface area (TPSA) is 99.2 Å². The van der Waals surface area contributed by atoms with E-state index in [1.54, 1.807) is 7.11 Å². The lowest BCUT2D eigenvalue weighted by molar-refractivity contribution is 0.183. The van der Waals surface area contributed by atoms with Crippen LogP contribution in [0, 0.1) is 5.82 Å². The molecule has 9 heteroatoms. The molecule has 2 rings (SSSR count). The van der Waals surface area contributed by atoms with E-state index in [9.17, 15) is 12.8 Å². The smallest absolute Gasteiger partial charge is 0.264 e. The molecule has 7 nitrogen and oxygen atoms in total. The highest BCUT2D eigenvalue weighted by molar-refractivity contribution is 7.92. The lowest BCUT2D eigenvalue weighted by atomic mass is 10.3. The lowest BCUT2D eigenvalue weighted by Gasteiger charge is -2.08. The van der Waals surface area contributed by atoms with Gasteiger partial charge in [-0.25, -0.2) is 12.8 Å². The maximum atomic E-state index is 13.0. The number of nitrogens with two attached hydrogens (primary N) is 1. The van der Waals surface area contributed by atoms with Crippen LogP contribution < -0.4 is 10.5 Å². The first kappa shape index (κ1) is 15.3. The van der Waals surface area contributed by atoms with Crippen molar-refractivity contribution in [2.75, 3.05) is 24.2 Å². The van der Waals surface area contributed by atoms with Gasteiger partial charge < -0.3 is 10.5 Å². The van der Waals surface area contributed by atoms with E-state index in [1.165, 1.54) is 17.1 Å². The molecule has 3 N–H and O–H groups in total. The van der Waals surface area contributed by atoms with Crippen LogP contribution in [0.25, 0.3) is 0 Å². The summed E-state index contributed by atoms with van der Waals surface area (Å²) in [5, 5.41) is 3.99. The Kier molecular flexibility index (Phi) is 4.43. The number of sulfonamides is 1. The van der Waals surface area contributed by atoms with Gasteiger partial charge in [0.05, 0.1) is 30.7 Å². The summed E-state index contributed by atoms with van der Waals surface area (Å²) < 4.78 is 46.1. The third-order valence-electron chi connectivity index (χ3n) is 2.67. The van der Waals surface area contributed by atoms with Crippen molar-refractivity contribution in [1.82, 2.24) is 9.78 Å². The molecule has 0 atom stereocenters. The Morgan fingerprint density at radius 2 is 2.24 bits per heavy atom. The van der Waals surface area contributed by atoms with Gasteiger partial charge in [-0.1, -0.05) is 0 Å².